The van der Waals surface area contributed by atoms with E-state index in [1.807, 2.05) is 30.3 Å². The van der Waals surface area contributed by atoms with Crippen LogP contribution in [0.1, 0.15) is 30.5 Å². The van der Waals surface area contributed by atoms with Crippen LogP contribution in [0.5, 0.6) is 0 Å². The van der Waals surface area contributed by atoms with Gasteiger partial charge in [0.15, 0.2) is 0 Å². The highest BCUT2D eigenvalue weighted by Crippen LogP contribution is 2.24. The van der Waals surface area contributed by atoms with E-state index in [1.54, 1.807) is 31.2 Å². The van der Waals surface area contributed by atoms with Crippen LogP contribution in [0.2, 0.25) is 0 Å². The number of aryl methyl sites for hydroxylation is 1. The quantitative estimate of drug-likeness (QED) is 0.808. The lowest BCUT2D eigenvalue weighted by molar-refractivity contribution is -0.134. The van der Waals surface area contributed by atoms with Crippen molar-refractivity contribution in [2.24, 2.45) is 11.7 Å². The highest BCUT2D eigenvalue weighted by atomic mass is 19.4. The highest BCUT2D eigenvalue weighted by molar-refractivity contribution is 5.92. The first kappa shape index (κ1) is 19.0. The molecule has 25 heavy (non-hydrogen) atoms. The monoisotopic (exact) mass is 350 g/mol. The van der Waals surface area contributed by atoms with Gasteiger partial charge in [-0.2, -0.15) is 13.2 Å². The number of alkyl halides is 3. The fraction of sp³-hybridized carbons (Fsp3) is 0.316. The van der Waals surface area contributed by atoms with Gasteiger partial charge in [-0.1, -0.05) is 49.4 Å². The average molecular weight is 350 g/mol. The third-order valence-corrected chi connectivity index (χ3v) is 4.03. The molecule has 0 spiro atoms. The topological polar surface area (TPSA) is 55.1 Å². The van der Waals surface area contributed by atoms with E-state index in [9.17, 15) is 18.0 Å². The van der Waals surface area contributed by atoms with Gasteiger partial charge in [0.1, 0.15) is 0 Å². The van der Waals surface area contributed by atoms with Gasteiger partial charge in [-0.15, -0.1) is 0 Å². The first-order valence-electron chi connectivity index (χ1n) is 8.03. The SMILES string of the molecule is CC(C(=O)Nc1cccc(CCC(F)(F)F)c1)C(N)c1ccccc1. The Hall–Kier alpha value is -2.34. The zero-order chi connectivity index (χ0) is 18.4. The van der Waals surface area contributed by atoms with Gasteiger partial charge in [0, 0.05) is 18.2 Å². The number of anilines is 1. The summed E-state index contributed by atoms with van der Waals surface area (Å²) in [6.45, 7) is 1.72. The summed E-state index contributed by atoms with van der Waals surface area (Å²) in [6.07, 6.45) is -5.21. The number of nitrogens with two attached hydrogens (primary N) is 1. The van der Waals surface area contributed by atoms with Crippen LogP contribution in [0, 0.1) is 5.92 Å². The first-order valence-corrected chi connectivity index (χ1v) is 8.03. The van der Waals surface area contributed by atoms with E-state index in [2.05, 4.69) is 5.32 Å². The van der Waals surface area contributed by atoms with Gasteiger partial charge in [-0.3, -0.25) is 4.79 Å². The molecular weight excluding hydrogens is 329 g/mol. The number of carbonyl (C=O) groups is 1. The first-order chi connectivity index (χ1) is 11.8. The van der Waals surface area contributed by atoms with E-state index in [4.69, 9.17) is 5.73 Å². The molecule has 2 atom stereocenters. The Morgan fingerprint density at radius 2 is 1.80 bits per heavy atom. The fourth-order valence-electron chi connectivity index (χ4n) is 2.47. The number of carbonyl (C=O) groups excluding carboxylic acids is 1. The van der Waals surface area contributed by atoms with Gasteiger partial charge in [-0.25, -0.2) is 0 Å². The predicted octanol–water partition coefficient (Wildman–Crippen LogP) is 4.46. The Balaban J connectivity index is 2.00. The van der Waals surface area contributed by atoms with Crippen molar-refractivity contribution in [1.82, 2.24) is 0 Å². The smallest absolute Gasteiger partial charge is 0.326 e. The van der Waals surface area contributed by atoms with Crippen molar-refractivity contribution in [3.8, 4) is 0 Å². The Morgan fingerprint density at radius 3 is 2.44 bits per heavy atom. The van der Waals surface area contributed by atoms with Crippen LogP contribution in [0.4, 0.5) is 18.9 Å². The number of nitrogens with one attached hydrogen (secondary N) is 1. The van der Waals surface area contributed by atoms with Crippen molar-refractivity contribution in [3.63, 3.8) is 0 Å². The number of hydrogen-bond donors (Lipinski definition) is 2. The molecule has 1 amide bonds. The zero-order valence-corrected chi connectivity index (χ0v) is 13.9. The Labute approximate surface area is 145 Å². The molecule has 2 aromatic rings. The van der Waals surface area contributed by atoms with Crippen LogP contribution < -0.4 is 11.1 Å². The molecule has 3 N–H and O–H groups in total. The zero-order valence-electron chi connectivity index (χ0n) is 13.9. The van der Waals surface area contributed by atoms with Crippen LogP contribution >= 0.6 is 0 Å². The molecule has 0 aliphatic heterocycles. The van der Waals surface area contributed by atoms with Gasteiger partial charge in [-0.05, 0) is 29.7 Å². The van der Waals surface area contributed by atoms with E-state index >= 15 is 0 Å². The van der Waals surface area contributed by atoms with E-state index in [-0.39, 0.29) is 12.3 Å². The minimum absolute atomic E-state index is 0.119. The molecule has 0 aliphatic rings. The summed E-state index contributed by atoms with van der Waals surface area (Å²) in [5.41, 5.74) is 7.98. The summed E-state index contributed by atoms with van der Waals surface area (Å²) in [7, 11) is 0. The lowest BCUT2D eigenvalue weighted by atomic mass is 9.94. The van der Waals surface area contributed by atoms with Gasteiger partial charge < -0.3 is 11.1 Å². The van der Waals surface area contributed by atoms with Gasteiger partial charge in [0.25, 0.3) is 0 Å². The highest BCUT2D eigenvalue weighted by Gasteiger charge is 2.26. The molecule has 2 aromatic carbocycles. The van der Waals surface area contributed by atoms with Crippen LogP contribution in [-0.4, -0.2) is 12.1 Å². The second-order valence-electron chi connectivity index (χ2n) is 6.03. The van der Waals surface area contributed by atoms with Crippen molar-refractivity contribution in [3.05, 3.63) is 65.7 Å². The minimum atomic E-state index is -4.20. The molecule has 2 rings (SSSR count). The third-order valence-electron chi connectivity index (χ3n) is 4.03. The van der Waals surface area contributed by atoms with Gasteiger partial charge in [0.2, 0.25) is 5.91 Å². The van der Waals surface area contributed by atoms with E-state index in [0.717, 1.165) is 5.56 Å². The Kier molecular flexibility index (Phi) is 6.20. The molecule has 2 unspecified atom stereocenters. The molecule has 0 saturated carbocycles. The fourth-order valence-corrected chi connectivity index (χ4v) is 2.47. The van der Waals surface area contributed by atoms with Gasteiger partial charge >= 0.3 is 6.18 Å². The molecule has 0 aliphatic carbocycles. The number of benzene rings is 2. The van der Waals surface area contributed by atoms with Crippen molar-refractivity contribution < 1.29 is 18.0 Å². The molecule has 0 heterocycles. The summed E-state index contributed by atoms with van der Waals surface area (Å²) >= 11 is 0. The molecule has 0 aromatic heterocycles. The lowest BCUT2D eigenvalue weighted by Crippen LogP contribution is -2.30. The summed E-state index contributed by atoms with van der Waals surface area (Å²) < 4.78 is 37.0. The van der Waals surface area contributed by atoms with E-state index in [1.165, 1.54) is 0 Å². The Morgan fingerprint density at radius 1 is 1.12 bits per heavy atom. The summed E-state index contributed by atoms with van der Waals surface area (Å²) in [6, 6.07) is 15.3. The lowest BCUT2D eigenvalue weighted by Gasteiger charge is -2.20. The summed E-state index contributed by atoms with van der Waals surface area (Å²) in [5.74, 6) is -0.759. The molecule has 0 bridgehead atoms. The number of halogens is 3. The normalized spacial score (nSPS) is 14.0. The second-order valence-corrected chi connectivity index (χ2v) is 6.03. The van der Waals surface area contributed by atoms with Crippen LogP contribution in [0.15, 0.2) is 54.6 Å². The molecule has 0 radical (unpaired) electrons. The van der Waals surface area contributed by atoms with Crippen molar-refractivity contribution in [2.75, 3.05) is 5.32 Å². The van der Waals surface area contributed by atoms with Crippen molar-refractivity contribution in [1.29, 1.82) is 0 Å². The largest absolute Gasteiger partial charge is 0.389 e. The molecule has 0 fully saturated rings. The summed E-state index contributed by atoms with van der Waals surface area (Å²) in [4.78, 5) is 12.4. The minimum Gasteiger partial charge on any atom is -0.326 e. The standard InChI is InChI=1S/C19H21F3N2O/c1-13(17(23)15-7-3-2-4-8-15)18(25)24-16-9-5-6-14(12-16)10-11-19(20,21)22/h2-9,12-13,17H,10-11,23H2,1H3,(H,24,25). The third kappa shape index (κ3) is 5.90. The second kappa shape index (κ2) is 8.16. The Bertz CT molecular complexity index is 701. The number of hydrogen-bond acceptors (Lipinski definition) is 2. The molecule has 0 saturated heterocycles. The summed E-state index contributed by atoms with van der Waals surface area (Å²) in [5, 5.41) is 2.73. The predicted molar refractivity (Wildman–Crippen MR) is 92.0 cm³/mol. The number of amides is 1. The number of rotatable bonds is 6. The maximum atomic E-state index is 12.4. The van der Waals surface area contributed by atoms with Crippen LogP contribution in [0.25, 0.3) is 0 Å². The van der Waals surface area contributed by atoms with Crippen LogP contribution in [0.3, 0.4) is 0 Å². The maximum absolute atomic E-state index is 12.4. The van der Waals surface area contributed by atoms with Gasteiger partial charge in [0.05, 0.1) is 5.92 Å². The van der Waals surface area contributed by atoms with Crippen molar-refractivity contribution in [2.45, 2.75) is 32.0 Å². The van der Waals surface area contributed by atoms with E-state index in [0.29, 0.717) is 11.3 Å². The molecule has 6 heteroatoms. The molecule has 3 nitrogen and oxygen atoms in total. The maximum Gasteiger partial charge on any atom is 0.389 e. The molecule has 134 valence electrons. The molecular formula is C19H21F3N2O. The van der Waals surface area contributed by atoms with Crippen LogP contribution in [-0.2, 0) is 11.2 Å². The van der Waals surface area contributed by atoms with E-state index < -0.39 is 24.6 Å². The average Bonchev–Trinajstić information content (AvgIpc) is 2.59. The van der Waals surface area contributed by atoms with Crippen molar-refractivity contribution >= 4 is 11.6 Å².